The second-order valence-electron chi connectivity index (χ2n) is 5.42. The molecule has 1 saturated heterocycles. The highest BCUT2D eigenvalue weighted by atomic mass is 32.1. The molecule has 0 saturated carbocycles. The van der Waals surface area contributed by atoms with E-state index in [9.17, 15) is 0 Å². The van der Waals surface area contributed by atoms with Crippen molar-refractivity contribution in [3.63, 3.8) is 0 Å². The topological polar surface area (TPSA) is 45.4 Å². The van der Waals surface area contributed by atoms with Gasteiger partial charge in [0, 0.05) is 25.2 Å². The maximum Gasteiger partial charge on any atom is 0.122 e. The lowest BCUT2D eigenvalue weighted by atomic mass is 9.99. The van der Waals surface area contributed by atoms with Crippen molar-refractivity contribution in [3.05, 3.63) is 24.0 Å². The van der Waals surface area contributed by atoms with Crippen molar-refractivity contribution in [3.8, 4) is 0 Å². The van der Waals surface area contributed by atoms with Gasteiger partial charge in [-0.05, 0) is 33.0 Å². The molecule has 2 heterocycles. The van der Waals surface area contributed by atoms with E-state index in [4.69, 9.17) is 18.0 Å². The Labute approximate surface area is 114 Å². The first kappa shape index (κ1) is 13.2. The van der Waals surface area contributed by atoms with Crippen molar-refractivity contribution in [2.75, 3.05) is 31.6 Å². The molecule has 0 radical (unpaired) electrons. The summed E-state index contributed by atoms with van der Waals surface area (Å²) in [6, 6.07) is 3.94. The van der Waals surface area contributed by atoms with Gasteiger partial charge in [0.05, 0.1) is 17.6 Å². The fourth-order valence-corrected chi connectivity index (χ4v) is 2.30. The van der Waals surface area contributed by atoms with E-state index in [-0.39, 0.29) is 5.54 Å². The second-order valence-corrected chi connectivity index (χ2v) is 5.86. The Hall–Kier alpha value is -1.20. The van der Waals surface area contributed by atoms with E-state index in [2.05, 4.69) is 35.7 Å². The van der Waals surface area contributed by atoms with Gasteiger partial charge in [-0.25, -0.2) is 0 Å². The molecule has 1 aromatic rings. The number of aromatic nitrogens is 1. The summed E-state index contributed by atoms with van der Waals surface area (Å²) in [5.41, 5.74) is 7.55. The van der Waals surface area contributed by atoms with Gasteiger partial charge in [0.1, 0.15) is 4.99 Å². The van der Waals surface area contributed by atoms with E-state index < -0.39 is 0 Å². The van der Waals surface area contributed by atoms with E-state index in [1.807, 2.05) is 18.3 Å². The first-order chi connectivity index (χ1) is 8.40. The average Bonchev–Trinajstić information content (AvgIpc) is 2.33. The van der Waals surface area contributed by atoms with Crippen LogP contribution in [0, 0.1) is 0 Å². The first-order valence-corrected chi connectivity index (χ1v) is 6.53. The molecule has 5 heteroatoms. The largest absolute Gasteiger partial charge is 0.388 e. The Balaban J connectivity index is 2.15. The molecule has 1 aliphatic rings. The number of hydrogen-bond acceptors (Lipinski definition) is 4. The molecule has 18 heavy (non-hydrogen) atoms. The molecule has 1 aromatic heterocycles. The minimum absolute atomic E-state index is 0.181. The van der Waals surface area contributed by atoms with Crippen molar-refractivity contribution >= 4 is 22.9 Å². The van der Waals surface area contributed by atoms with Crippen LogP contribution >= 0.6 is 12.2 Å². The van der Waals surface area contributed by atoms with Crippen molar-refractivity contribution < 1.29 is 0 Å². The van der Waals surface area contributed by atoms with Crippen molar-refractivity contribution in [1.29, 1.82) is 0 Å². The smallest absolute Gasteiger partial charge is 0.122 e. The van der Waals surface area contributed by atoms with Gasteiger partial charge in [0.25, 0.3) is 0 Å². The molecule has 0 aliphatic carbocycles. The molecule has 0 unspecified atom stereocenters. The number of nitrogens with zero attached hydrogens (tertiary/aromatic N) is 3. The van der Waals surface area contributed by atoms with E-state index in [0.717, 1.165) is 25.3 Å². The lowest BCUT2D eigenvalue weighted by Gasteiger charge is -2.46. The Morgan fingerprint density at radius 2 is 2.11 bits per heavy atom. The Morgan fingerprint density at radius 1 is 1.39 bits per heavy atom. The van der Waals surface area contributed by atoms with Crippen LogP contribution in [-0.4, -0.2) is 47.1 Å². The number of hydrogen-bond donors (Lipinski definition) is 1. The van der Waals surface area contributed by atoms with Crippen LogP contribution in [0.25, 0.3) is 0 Å². The minimum atomic E-state index is 0.181. The number of nitrogens with two attached hydrogens (primary N) is 1. The molecule has 4 nitrogen and oxygen atoms in total. The fourth-order valence-electron chi connectivity index (χ4n) is 2.18. The Morgan fingerprint density at radius 3 is 2.61 bits per heavy atom. The Bertz CT molecular complexity index is 441. The van der Waals surface area contributed by atoms with E-state index in [1.54, 1.807) is 0 Å². The molecule has 1 fully saturated rings. The normalized spacial score (nSPS) is 19.8. The van der Waals surface area contributed by atoms with Gasteiger partial charge in [0.2, 0.25) is 0 Å². The summed E-state index contributed by atoms with van der Waals surface area (Å²) in [5.74, 6) is 0. The summed E-state index contributed by atoms with van der Waals surface area (Å²) in [5, 5.41) is 0. The molecule has 2 N–H and O–H groups in total. The van der Waals surface area contributed by atoms with Crippen LogP contribution in [0.5, 0.6) is 0 Å². The van der Waals surface area contributed by atoms with Crippen LogP contribution < -0.4 is 10.6 Å². The lowest BCUT2D eigenvalue weighted by molar-refractivity contribution is 0.139. The van der Waals surface area contributed by atoms with Crippen LogP contribution in [0.1, 0.15) is 19.5 Å². The highest BCUT2D eigenvalue weighted by molar-refractivity contribution is 7.80. The zero-order valence-electron chi connectivity index (χ0n) is 11.2. The molecule has 0 aromatic carbocycles. The van der Waals surface area contributed by atoms with Gasteiger partial charge in [-0.15, -0.1) is 0 Å². The van der Waals surface area contributed by atoms with E-state index in [0.29, 0.717) is 10.7 Å². The maximum absolute atomic E-state index is 5.55. The van der Waals surface area contributed by atoms with E-state index >= 15 is 0 Å². The highest BCUT2D eigenvalue weighted by Gasteiger charge is 2.31. The first-order valence-electron chi connectivity index (χ1n) is 6.12. The maximum atomic E-state index is 5.55. The predicted molar refractivity (Wildman–Crippen MR) is 79.0 cm³/mol. The van der Waals surface area contributed by atoms with Crippen LogP contribution in [0.2, 0.25) is 0 Å². The number of pyridine rings is 1. The number of thiocarbonyl (C=S) groups is 1. The van der Waals surface area contributed by atoms with Crippen LogP contribution in [0.4, 0.5) is 5.69 Å². The summed E-state index contributed by atoms with van der Waals surface area (Å²) in [4.78, 5) is 9.39. The monoisotopic (exact) mass is 264 g/mol. The summed E-state index contributed by atoms with van der Waals surface area (Å²) < 4.78 is 0. The van der Waals surface area contributed by atoms with Crippen molar-refractivity contribution in [1.82, 2.24) is 9.88 Å². The third kappa shape index (κ3) is 2.62. The zero-order chi connectivity index (χ0) is 13.3. The van der Waals surface area contributed by atoms with Crippen LogP contribution in [0.3, 0.4) is 0 Å². The molecule has 1 aliphatic heterocycles. The van der Waals surface area contributed by atoms with Crippen LogP contribution in [0.15, 0.2) is 18.3 Å². The molecule has 98 valence electrons. The molecule has 0 spiro atoms. The zero-order valence-corrected chi connectivity index (χ0v) is 12.0. The van der Waals surface area contributed by atoms with Crippen molar-refractivity contribution in [2.24, 2.45) is 5.73 Å². The number of piperazine rings is 1. The van der Waals surface area contributed by atoms with Gasteiger partial charge < -0.3 is 10.6 Å². The highest BCUT2D eigenvalue weighted by Crippen LogP contribution is 2.23. The third-order valence-corrected chi connectivity index (χ3v) is 3.89. The molecular weight excluding hydrogens is 244 g/mol. The number of anilines is 1. The predicted octanol–water partition coefficient (Wildman–Crippen LogP) is 1.25. The number of rotatable bonds is 2. The molecular formula is C13H20N4S. The van der Waals surface area contributed by atoms with Gasteiger partial charge in [0.15, 0.2) is 0 Å². The lowest BCUT2D eigenvalue weighted by Crippen LogP contribution is -2.57. The average molecular weight is 264 g/mol. The summed E-state index contributed by atoms with van der Waals surface area (Å²) in [6.45, 7) is 7.60. The van der Waals surface area contributed by atoms with Gasteiger partial charge >= 0.3 is 0 Å². The summed E-state index contributed by atoms with van der Waals surface area (Å²) >= 11 is 4.91. The molecule has 0 atom stereocenters. The third-order valence-electron chi connectivity index (χ3n) is 3.68. The second kappa shape index (κ2) is 4.82. The van der Waals surface area contributed by atoms with Crippen LogP contribution in [-0.2, 0) is 0 Å². The Kier molecular flexibility index (Phi) is 3.54. The molecule has 0 bridgehead atoms. The molecule has 0 amide bonds. The van der Waals surface area contributed by atoms with Gasteiger partial charge in [-0.3, -0.25) is 9.88 Å². The minimum Gasteiger partial charge on any atom is -0.388 e. The quantitative estimate of drug-likeness (QED) is 0.815. The summed E-state index contributed by atoms with van der Waals surface area (Å²) in [7, 11) is 2.17. The summed E-state index contributed by atoms with van der Waals surface area (Å²) in [6.07, 6.45) is 1.86. The van der Waals surface area contributed by atoms with Crippen molar-refractivity contribution in [2.45, 2.75) is 19.4 Å². The SMILES string of the molecule is CN1CCN(c2ccc(C(N)=S)nc2)CC1(C)C. The van der Waals surface area contributed by atoms with Gasteiger partial charge in [-0.1, -0.05) is 12.2 Å². The molecule has 2 rings (SSSR count). The van der Waals surface area contributed by atoms with E-state index in [1.165, 1.54) is 0 Å². The number of likely N-dealkylation sites (N-methyl/N-ethyl adjacent to an activating group) is 1. The standard InChI is InChI=1S/C13H20N4S/c1-13(2)9-17(7-6-16(13)3)10-4-5-11(12(14)18)15-8-10/h4-5,8H,6-7,9H2,1-3H3,(H2,14,18). The van der Waals surface area contributed by atoms with Gasteiger partial charge in [-0.2, -0.15) is 0 Å². The fraction of sp³-hybridized carbons (Fsp3) is 0.538.